The maximum atomic E-state index is 14.3. The van der Waals surface area contributed by atoms with E-state index < -0.39 is 16.9 Å². The molecule has 0 unspecified atom stereocenters. The number of rotatable bonds is 0. The van der Waals surface area contributed by atoms with Gasteiger partial charge >= 0.3 is 0 Å². The van der Waals surface area contributed by atoms with Gasteiger partial charge in [0.15, 0.2) is 5.76 Å². The molecule has 0 aromatic carbocycles. The number of hydrogen-bond acceptors (Lipinski definition) is 4. The Morgan fingerprint density at radius 2 is 1.50 bits per heavy atom. The highest BCUT2D eigenvalue weighted by Crippen LogP contribution is 2.75. The van der Waals surface area contributed by atoms with Crippen LogP contribution in [0.2, 0.25) is 0 Å². The van der Waals surface area contributed by atoms with E-state index in [1.165, 1.54) is 0 Å². The van der Waals surface area contributed by atoms with Crippen LogP contribution in [0.3, 0.4) is 0 Å². The Morgan fingerprint density at radius 1 is 0.853 bits per heavy atom. The van der Waals surface area contributed by atoms with Crippen molar-refractivity contribution in [1.82, 2.24) is 0 Å². The third-order valence-corrected chi connectivity index (χ3v) is 13.2. The van der Waals surface area contributed by atoms with E-state index in [1.807, 2.05) is 0 Å². The van der Waals surface area contributed by atoms with Gasteiger partial charge in [-0.3, -0.25) is 4.79 Å². The highest BCUT2D eigenvalue weighted by molar-refractivity contribution is 5.99. The number of carbonyl (C=O) groups excluding carboxylic acids is 1. The van der Waals surface area contributed by atoms with Crippen molar-refractivity contribution in [2.75, 3.05) is 0 Å². The molecule has 0 bridgehead atoms. The summed E-state index contributed by atoms with van der Waals surface area (Å²) in [6.45, 7) is 17.9. The van der Waals surface area contributed by atoms with Crippen molar-refractivity contribution in [2.45, 2.75) is 113 Å². The van der Waals surface area contributed by atoms with Crippen molar-refractivity contribution in [3.8, 4) is 0 Å². The number of Topliss-reactive ketones (excluding diaryl/α,β-unsaturated/α-hetero) is 1. The molecule has 3 N–H and O–H groups in total. The zero-order valence-electron chi connectivity index (χ0n) is 22.7. The van der Waals surface area contributed by atoms with E-state index in [9.17, 15) is 20.1 Å². The van der Waals surface area contributed by atoms with Crippen molar-refractivity contribution >= 4 is 5.78 Å². The molecule has 0 spiro atoms. The van der Waals surface area contributed by atoms with E-state index in [1.54, 1.807) is 0 Å². The normalized spacial score (nSPS) is 56.8. The largest absolute Gasteiger partial charge is 0.504 e. The number of aliphatic hydroxyl groups is 3. The first-order valence-electron chi connectivity index (χ1n) is 13.9. The van der Waals surface area contributed by atoms with Gasteiger partial charge in [-0.05, 0) is 95.9 Å². The van der Waals surface area contributed by atoms with Crippen molar-refractivity contribution in [2.24, 2.45) is 56.7 Å². The molecule has 0 saturated heterocycles. The Bertz CT molecular complexity index is 936. The van der Waals surface area contributed by atoms with Gasteiger partial charge in [-0.2, -0.15) is 0 Å². The topological polar surface area (TPSA) is 77.8 Å². The molecular weight excluding hydrogens is 424 g/mol. The Balaban J connectivity index is 1.73. The zero-order valence-corrected chi connectivity index (χ0v) is 22.7. The molecule has 5 rings (SSSR count). The van der Waals surface area contributed by atoms with Crippen molar-refractivity contribution < 1.29 is 20.1 Å². The zero-order chi connectivity index (χ0) is 25.2. The van der Waals surface area contributed by atoms with Gasteiger partial charge in [0.25, 0.3) is 0 Å². The van der Waals surface area contributed by atoms with Crippen molar-refractivity contribution in [3.05, 3.63) is 11.3 Å². The van der Waals surface area contributed by atoms with E-state index in [0.29, 0.717) is 18.3 Å². The molecule has 192 valence electrons. The second-order valence-electron chi connectivity index (χ2n) is 14.9. The van der Waals surface area contributed by atoms with Gasteiger partial charge in [0, 0.05) is 11.3 Å². The summed E-state index contributed by atoms with van der Waals surface area (Å²) in [5.41, 5.74) is -0.826. The van der Waals surface area contributed by atoms with E-state index >= 15 is 0 Å². The van der Waals surface area contributed by atoms with E-state index in [-0.39, 0.29) is 51.6 Å². The maximum Gasteiger partial charge on any atom is 0.201 e. The minimum absolute atomic E-state index is 0.0216. The molecule has 0 aromatic heterocycles. The predicted octanol–water partition coefficient (Wildman–Crippen LogP) is 6.06. The fourth-order valence-electron chi connectivity index (χ4n) is 10.9. The third kappa shape index (κ3) is 2.66. The van der Waals surface area contributed by atoms with Crippen LogP contribution in [0.15, 0.2) is 11.3 Å². The molecule has 5 aliphatic rings. The summed E-state index contributed by atoms with van der Waals surface area (Å²) in [6.07, 6.45) is 5.24. The van der Waals surface area contributed by atoms with Gasteiger partial charge in [0.2, 0.25) is 5.78 Å². The second kappa shape index (κ2) is 7.12. The molecule has 0 radical (unpaired) electrons. The highest BCUT2D eigenvalue weighted by atomic mass is 16.3. The van der Waals surface area contributed by atoms with Gasteiger partial charge < -0.3 is 15.3 Å². The summed E-state index contributed by atoms with van der Waals surface area (Å²) in [4.78, 5) is 14.3. The number of aliphatic hydroxyl groups excluding tert-OH is 3. The van der Waals surface area contributed by atoms with Gasteiger partial charge in [-0.25, -0.2) is 0 Å². The van der Waals surface area contributed by atoms with Crippen LogP contribution in [0.4, 0.5) is 0 Å². The Hall–Kier alpha value is -0.870. The lowest BCUT2D eigenvalue weighted by Crippen LogP contribution is -2.70. The summed E-state index contributed by atoms with van der Waals surface area (Å²) >= 11 is 0. The number of fused-ring (bicyclic) bond motifs is 7. The van der Waals surface area contributed by atoms with E-state index in [2.05, 4.69) is 55.4 Å². The molecule has 5 aliphatic carbocycles. The monoisotopic (exact) mass is 472 g/mol. The quantitative estimate of drug-likeness (QED) is 0.400. The second-order valence-corrected chi connectivity index (χ2v) is 14.9. The van der Waals surface area contributed by atoms with Crippen LogP contribution < -0.4 is 0 Å². The minimum atomic E-state index is -0.626. The van der Waals surface area contributed by atoms with Crippen LogP contribution in [0.25, 0.3) is 0 Å². The molecule has 4 nitrogen and oxygen atoms in total. The Morgan fingerprint density at radius 3 is 2.15 bits per heavy atom. The molecule has 11 atom stereocenters. The van der Waals surface area contributed by atoms with Crippen molar-refractivity contribution in [1.29, 1.82) is 0 Å². The summed E-state index contributed by atoms with van der Waals surface area (Å²) in [5, 5.41) is 34.7. The van der Waals surface area contributed by atoms with Crippen molar-refractivity contribution in [3.63, 3.8) is 0 Å². The number of hydrogen-bond donors (Lipinski definition) is 3. The summed E-state index contributed by atoms with van der Waals surface area (Å²) in [6, 6.07) is 0. The first-order valence-corrected chi connectivity index (χ1v) is 13.9. The van der Waals surface area contributed by atoms with Gasteiger partial charge in [0.05, 0.1) is 12.2 Å². The molecule has 34 heavy (non-hydrogen) atoms. The molecule has 0 heterocycles. The van der Waals surface area contributed by atoms with E-state index in [4.69, 9.17) is 0 Å². The van der Waals surface area contributed by atoms with Crippen LogP contribution >= 0.6 is 0 Å². The van der Waals surface area contributed by atoms with Crippen LogP contribution in [0.5, 0.6) is 0 Å². The Labute approximate surface area is 206 Å². The predicted molar refractivity (Wildman–Crippen MR) is 134 cm³/mol. The lowest BCUT2D eigenvalue weighted by atomic mass is 9.32. The number of allylic oxidation sites excluding steroid dienone is 1. The van der Waals surface area contributed by atoms with Gasteiger partial charge in [-0.15, -0.1) is 0 Å². The number of carbonyl (C=O) groups is 1. The smallest absolute Gasteiger partial charge is 0.201 e. The fraction of sp³-hybridized carbons (Fsp3) is 0.900. The Kier molecular flexibility index (Phi) is 5.20. The average molecular weight is 473 g/mol. The molecule has 4 heteroatoms. The standard InChI is InChI=1S/C30H48O4/c1-16-9-12-27(5)15-20(32)30(8)22(21(27)17(16)2)23(33)24(34)25-28(6)13-11-19(31)26(3,4)18(28)10-14-29(25,30)7/h16-21,25,31-33H,9-15H2,1-8H3/t16-,17+,18+,19+,20+,21+,25-,27-,28+,29-,30-/m1/s1. The van der Waals surface area contributed by atoms with Crippen LogP contribution in [-0.2, 0) is 4.79 Å². The minimum Gasteiger partial charge on any atom is -0.504 e. The number of ketones is 1. The fourth-order valence-corrected chi connectivity index (χ4v) is 10.9. The maximum absolute atomic E-state index is 14.3. The molecule has 0 amide bonds. The molecular formula is C30H48O4. The van der Waals surface area contributed by atoms with Gasteiger partial charge in [0.1, 0.15) is 0 Å². The van der Waals surface area contributed by atoms with Crippen LogP contribution in [0.1, 0.15) is 100 Å². The van der Waals surface area contributed by atoms with Gasteiger partial charge in [-0.1, -0.05) is 55.4 Å². The lowest BCUT2D eigenvalue weighted by molar-refractivity contribution is -0.224. The first-order chi connectivity index (χ1) is 15.6. The lowest BCUT2D eigenvalue weighted by Gasteiger charge is -2.71. The van der Waals surface area contributed by atoms with Crippen LogP contribution in [0, 0.1) is 56.7 Å². The first kappa shape index (κ1) is 24.8. The average Bonchev–Trinajstić information content (AvgIpc) is 2.74. The van der Waals surface area contributed by atoms with E-state index in [0.717, 1.165) is 44.1 Å². The molecule has 4 saturated carbocycles. The highest BCUT2D eigenvalue weighted by Gasteiger charge is 2.73. The van der Waals surface area contributed by atoms with Crippen LogP contribution in [-0.4, -0.2) is 33.3 Å². The molecule has 0 aliphatic heterocycles. The molecule has 0 aromatic rings. The SMILES string of the molecule is C[C@H]1[C@H](C)CC[C@]2(C)C[C@H](O)[C@]3(C)C(=C(O)C(=O)[C@@H]4[C@@]5(C)CC[C@H](O)C(C)(C)[C@@H]5CC[C@]43C)[C@H]12. The summed E-state index contributed by atoms with van der Waals surface area (Å²) in [5.74, 6) is 0.793. The summed E-state index contributed by atoms with van der Waals surface area (Å²) in [7, 11) is 0. The molecule has 4 fully saturated rings. The third-order valence-electron chi connectivity index (χ3n) is 13.2. The summed E-state index contributed by atoms with van der Waals surface area (Å²) < 4.78 is 0.